The Balaban J connectivity index is 1.44. The zero-order chi connectivity index (χ0) is 28.6. The Morgan fingerprint density at radius 3 is 2.45 bits per heavy atom. The van der Waals surface area contributed by atoms with Crippen molar-refractivity contribution in [2.24, 2.45) is 5.73 Å². The van der Waals surface area contributed by atoms with Gasteiger partial charge in [0.25, 0.3) is 18.2 Å². The number of aryl methyl sites for hydroxylation is 1. The second-order valence-corrected chi connectivity index (χ2v) is 11.7. The maximum absolute atomic E-state index is 13.7. The number of fused-ring (bicyclic) bond motifs is 1. The number of carbonyl (C=O) groups excluding carboxylic acids is 2. The van der Waals surface area contributed by atoms with Gasteiger partial charge in [0.05, 0.1) is 5.69 Å². The molecule has 0 spiro atoms. The molecule has 11 heteroatoms. The van der Waals surface area contributed by atoms with Crippen LogP contribution in [0.2, 0.25) is 0 Å². The van der Waals surface area contributed by atoms with Gasteiger partial charge in [-0.15, -0.1) is 22.7 Å². The highest BCUT2D eigenvalue weighted by Crippen LogP contribution is 2.44. The van der Waals surface area contributed by atoms with Crippen molar-refractivity contribution in [1.82, 2.24) is 4.98 Å². The number of rotatable bonds is 9. The number of anilines is 1. The van der Waals surface area contributed by atoms with Gasteiger partial charge in [0.1, 0.15) is 33.5 Å². The monoisotopic (exact) mass is 581 g/mol. The number of furan rings is 1. The van der Waals surface area contributed by atoms with Crippen molar-refractivity contribution in [3.8, 4) is 16.2 Å². The molecule has 0 bridgehead atoms. The molecule has 206 valence electrons. The average Bonchev–Trinajstić information content (AvgIpc) is 3.66. The number of carbonyl (C=O) groups is 2. The van der Waals surface area contributed by atoms with Crippen LogP contribution in [0.25, 0.3) is 20.7 Å². The first-order valence-electron chi connectivity index (χ1n) is 12.4. The number of nitrogens with one attached hydrogen (secondary N) is 1. The van der Waals surface area contributed by atoms with Gasteiger partial charge in [-0.1, -0.05) is 26.0 Å². The van der Waals surface area contributed by atoms with E-state index < -0.39 is 23.9 Å². The number of amides is 2. The van der Waals surface area contributed by atoms with Gasteiger partial charge in [0.2, 0.25) is 0 Å². The first-order valence-corrected chi connectivity index (χ1v) is 14.0. The normalized spacial score (nSPS) is 11.5. The molecule has 0 saturated carbocycles. The highest BCUT2D eigenvalue weighted by atomic mass is 32.1. The van der Waals surface area contributed by atoms with E-state index in [-0.39, 0.29) is 27.8 Å². The maximum Gasteiger partial charge on any atom is 0.291 e. The smallest absolute Gasteiger partial charge is 0.291 e. The van der Waals surface area contributed by atoms with Crippen molar-refractivity contribution in [3.05, 3.63) is 87.1 Å². The molecule has 0 unspecified atom stereocenters. The van der Waals surface area contributed by atoms with Crippen LogP contribution in [0.4, 0.5) is 14.5 Å². The van der Waals surface area contributed by atoms with Crippen LogP contribution in [0.3, 0.4) is 0 Å². The summed E-state index contributed by atoms with van der Waals surface area (Å²) in [6, 6.07) is 15.8. The Bertz CT molecular complexity index is 1700. The third-order valence-electron chi connectivity index (χ3n) is 6.19. The minimum atomic E-state index is -2.82. The van der Waals surface area contributed by atoms with Crippen LogP contribution in [-0.2, 0) is 6.61 Å². The van der Waals surface area contributed by atoms with Crippen LogP contribution in [0.1, 0.15) is 68.3 Å². The summed E-state index contributed by atoms with van der Waals surface area (Å²) in [5.41, 5.74) is 6.90. The van der Waals surface area contributed by atoms with E-state index in [1.807, 2.05) is 37.3 Å². The molecule has 0 aliphatic heterocycles. The fourth-order valence-electron chi connectivity index (χ4n) is 4.15. The van der Waals surface area contributed by atoms with E-state index in [1.165, 1.54) is 29.0 Å². The van der Waals surface area contributed by atoms with E-state index >= 15 is 0 Å². The summed E-state index contributed by atoms with van der Waals surface area (Å²) in [7, 11) is 0. The molecular weight excluding hydrogens is 556 g/mol. The Kier molecular flexibility index (Phi) is 7.68. The predicted octanol–water partition coefficient (Wildman–Crippen LogP) is 7.92. The number of thiophene rings is 2. The SMILES string of the molecule is Cc1ccc(-c2cc(C(F)F)nc3sc(C(N)=O)c(NC(=O)c4ccc(COc5ccc(C(C)C)cc5)o4)c23)s1. The Labute approximate surface area is 236 Å². The average molecular weight is 582 g/mol. The molecule has 5 aromatic rings. The standard InChI is InChI=1S/C29H25F2N3O4S2/c1-14(2)16-5-7-17(8-6-16)37-13-18-9-10-21(38-18)28(36)34-24-23-19(22-11-4-15(3)39-22)12-20(26(30)31)33-29(23)40-25(24)27(32)35/h4-12,14,26H,13H2,1-3H3,(H2,32,35)(H,34,36). The van der Waals surface area contributed by atoms with Crippen molar-refractivity contribution in [2.75, 3.05) is 5.32 Å². The number of hydrogen-bond acceptors (Lipinski definition) is 7. The number of halogens is 2. The molecule has 4 heterocycles. The molecule has 40 heavy (non-hydrogen) atoms. The number of nitrogens with two attached hydrogens (primary N) is 1. The molecular formula is C29H25F2N3O4S2. The molecule has 0 aliphatic rings. The van der Waals surface area contributed by atoms with Gasteiger partial charge in [0.15, 0.2) is 5.76 Å². The summed E-state index contributed by atoms with van der Waals surface area (Å²) in [6.07, 6.45) is -2.82. The number of ether oxygens (including phenoxy) is 1. The predicted molar refractivity (Wildman–Crippen MR) is 153 cm³/mol. The van der Waals surface area contributed by atoms with Gasteiger partial charge in [-0.3, -0.25) is 9.59 Å². The zero-order valence-corrected chi connectivity index (χ0v) is 23.4. The van der Waals surface area contributed by atoms with Gasteiger partial charge in [-0.05, 0) is 60.9 Å². The van der Waals surface area contributed by atoms with Crippen molar-refractivity contribution in [2.45, 2.75) is 39.7 Å². The van der Waals surface area contributed by atoms with Crippen molar-refractivity contribution in [3.63, 3.8) is 0 Å². The quantitative estimate of drug-likeness (QED) is 0.184. The van der Waals surface area contributed by atoms with E-state index in [4.69, 9.17) is 14.9 Å². The highest BCUT2D eigenvalue weighted by Gasteiger charge is 2.26. The summed E-state index contributed by atoms with van der Waals surface area (Å²) in [6.45, 7) is 6.21. The summed E-state index contributed by atoms with van der Waals surface area (Å²) in [5, 5.41) is 3.07. The molecule has 0 fully saturated rings. The largest absolute Gasteiger partial charge is 0.486 e. The molecule has 1 aromatic carbocycles. The molecule has 0 atom stereocenters. The fraction of sp³-hybridized carbons (Fsp3) is 0.207. The van der Waals surface area contributed by atoms with Gasteiger partial charge in [-0.25, -0.2) is 13.8 Å². The molecule has 5 rings (SSSR count). The van der Waals surface area contributed by atoms with Crippen LogP contribution >= 0.6 is 22.7 Å². The Morgan fingerprint density at radius 2 is 1.82 bits per heavy atom. The lowest BCUT2D eigenvalue weighted by Crippen LogP contribution is -2.16. The second-order valence-electron chi connectivity index (χ2n) is 9.39. The van der Waals surface area contributed by atoms with E-state index in [0.29, 0.717) is 33.3 Å². The number of nitrogens with zero attached hydrogens (tertiary/aromatic N) is 1. The number of benzene rings is 1. The molecule has 7 nitrogen and oxygen atoms in total. The minimum Gasteiger partial charge on any atom is -0.486 e. The first kappa shape index (κ1) is 27.5. The molecule has 2 amide bonds. The fourth-order valence-corrected chi connectivity index (χ4v) is 6.06. The van der Waals surface area contributed by atoms with Gasteiger partial charge >= 0.3 is 0 Å². The Hall–Kier alpha value is -4.09. The van der Waals surface area contributed by atoms with E-state index in [9.17, 15) is 18.4 Å². The molecule has 4 aromatic heterocycles. The summed E-state index contributed by atoms with van der Waals surface area (Å²) in [4.78, 5) is 31.4. The third-order valence-corrected chi connectivity index (χ3v) is 8.32. The third kappa shape index (κ3) is 5.61. The lowest BCUT2D eigenvalue weighted by atomic mass is 10.0. The molecule has 3 N–H and O–H groups in total. The number of pyridine rings is 1. The number of primary amides is 1. The van der Waals surface area contributed by atoms with Crippen LogP contribution < -0.4 is 15.8 Å². The van der Waals surface area contributed by atoms with E-state index in [0.717, 1.165) is 16.2 Å². The van der Waals surface area contributed by atoms with Crippen LogP contribution in [0, 0.1) is 6.92 Å². The van der Waals surface area contributed by atoms with Crippen molar-refractivity contribution >= 4 is 50.4 Å². The van der Waals surface area contributed by atoms with Crippen LogP contribution in [0.5, 0.6) is 5.75 Å². The van der Waals surface area contributed by atoms with Crippen molar-refractivity contribution in [1.29, 1.82) is 0 Å². The van der Waals surface area contributed by atoms with Gasteiger partial charge in [-0.2, -0.15) is 0 Å². The number of hydrogen-bond donors (Lipinski definition) is 2. The Morgan fingerprint density at radius 1 is 1.07 bits per heavy atom. The summed E-state index contributed by atoms with van der Waals surface area (Å²) < 4.78 is 38.8. The lowest BCUT2D eigenvalue weighted by Gasteiger charge is -2.09. The maximum atomic E-state index is 13.7. The zero-order valence-electron chi connectivity index (χ0n) is 21.8. The summed E-state index contributed by atoms with van der Waals surface area (Å²) in [5.74, 6) is 0.0108. The van der Waals surface area contributed by atoms with Crippen LogP contribution in [0.15, 0.2) is 59.0 Å². The second kappa shape index (κ2) is 11.2. The number of aromatic nitrogens is 1. The minimum absolute atomic E-state index is 0.00301. The van der Waals surface area contributed by atoms with Gasteiger partial charge < -0.3 is 20.2 Å². The van der Waals surface area contributed by atoms with E-state index in [2.05, 4.69) is 24.1 Å². The highest BCUT2D eigenvalue weighted by molar-refractivity contribution is 7.21. The lowest BCUT2D eigenvalue weighted by molar-refractivity contribution is 0.0992. The van der Waals surface area contributed by atoms with Gasteiger partial charge in [0, 0.05) is 20.7 Å². The topological polar surface area (TPSA) is 107 Å². The molecule has 0 aliphatic carbocycles. The molecule has 0 saturated heterocycles. The van der Waals surface area contributed by atoms with Crippen LogP contribution in [-0.4, -0.2) is 16.8 Å². The summed E-state index contributed by atoms with van der Waals surface area (Å²) >= 11 is 2.25. The first-order chi connectivity index (χ1) is 19.1. The number of alkyl halides is 2. The van der Waals surface area contributed by atoms with Crippen molar-refractivity contribution < 1.29 is 27.5 Å². The van der Waals surface area contributed by atoms with E-state index in [1.54, 1.807) is 12.1 Å². The molecule has 0 radical (unpaired) electrons.